The van der Waals surface area contributed by atoms with E-state index in [9.17, 15) is 13.0 Å². The van der Waals surface area contributed by atoms with Crippen LogP contribution in [0.25, 0.3) is 0 Å². The molecule has 0 spiro atoms. The highest BCUT2D eigenvalue weighted by molar-refractivity contribution is 9.11. The van der Waals surface area contributed by atoms with Gasteiger partial charge in [0.15, 0.2) is 5.69 Å². The first-order valence-electron chi connectivity index (χ1n) is 3.39. The lowest BCUT2D eigenvalue weighted by molar-refractivity contribution is -0.683. The summed E-state index contributed by atoms with van der Waals surface area (Å²) in [5, 5.41) is 2.12. The van der Waals surface area contributed by atoms with Crippen LogP contribution in [0.15, 0.2) is 9.30 Å². The molecule has 0 aliphatic heterocycles. The minimum absolute atomic E-state index is 0.808. The fourth-order valence-corrected chi connectivity index (χ4v) is 1.72. The number of hydrogen-bond acceptors (Lipinski definition) is 5. The van der Waals surface area contributed by atoms with E-state index in [2.05, 4.69) is 37.0 Å². The molecule has 1 heterocycles. The predicted octanol–water partition coefficient (Wildman–Crippen LogP) is 0.737. The summed E-state index contributed by atoms with van der Waals surface area (Å²) in [6.07, 6.45) is 0. The summed E-state index contributed by atoms with van der Waals surface area (Å²) in [6.45, 7) is 2.08. The number of thiazole rings is 1. The molecule has 0 fully saturated rings. The summed E-state index contributed by atoms with van der Waals surface area (Å²) in [5.41, 5.74) is 1.29. The molecular formula is C6H10BrNO4S2. The fraction of sp³-hybridized carbons (Fsp3) is 0.500. The van der Waals surface area contributed by atoms with Crippen LogP contribution in [-0.2, 0) is 21.6 Å². The number of aryl methyl sites for hydroxylation is 1. The van der Waals surface area contributed by atoms with Crippen molar-refractivity contribution in [2.75, 3.05) is 7.11 Å². The third kappa shape index (κ3) is 5.66. The number of hydrogen-bond donors (Lipinski definition) is 0. The lowest BCUT2D eigenvalue weighted by Gasteiger charge is -1.98. The molecule has 82 valence electrons. The van der Waals surface area contributed by atoms with Gasteiger partial charge in [-0.2, -0.15) is 4.57 Å². The van der Waals surface area contributed by atoms with Crippen molar-refractivity contribution in [1.29, 1.82) is 0 Å². The maximum absolute atomic E-state index is 9.22. The Hall–Kier alpha value is -0.0200. The molecule has 14 heavy (non-hydrogen) atoms. The zero-order valence-electron chi connectivity index (χ0n) is 7.85. The molecule has 0 aliphatic rings. The minimum atomic E-state index is -4.41. The van der Waals surface area contributed by atoms with Gasteiger partial charge in [0.1, 0.15) is 7.05 Å². The van der Waals surface area contributed by atoms with Crippen molar-refractivity contribution < 1.29 is 21.7 Å². The molecule has 0 amide bonds. The zero-order chi connectivity index (χ0) is 11.4. The quantitative estimate of drug-likeness (QED) is 0.436. The molecule has 0 aliphatic carbocycles. The average Bonchev–Trinajstić information content (AvgIpc) is 2.36. The predicted molar refractivity (Wildman–Crippen MR) is 54.6 cm³/mol. The number of rotatable bonds is 1. The maximum atomic E-state index is 9.22. The highest BCUT2D eigenvalue weighted by Crippen LogP contribution is 2.11. The summed E-state index contributed by atoms with van der Waals surface area (Å²) in [7, 11) is -1.57. The van der Waals surface area contributed by atoms with Gasteiger partial charge in [-0.05, 0) is 0 Å². The molecule has 0 bridgehead atoms. The van der Waals surface area contributed by atoms with Gasteiger partial charge in [0.2, 0.25) is 10.4 Å². The first kappa shape index (κ1) is 14.0. The number of aromatic nitrogens is 1. The van der Waals surface area contributed by atoms with E-state index < -0.39 is 10.4 Å². The van der Waals surface area contributed by atoms with Crippen LogP contribution < -0.4 is 4.57 Å². The van der Waals surface area contributed by atoms with Crippen molar-refractivity contribution in [3.8, 4) is 0 Å². The zero-order valence-corrected chi connectivity index (χ0v) is 11.1. The van der Waals surface area contributed by atoms with Gasteiger partial charge in [0.05, 0.1) is 12.5 Å². The lowest BCUT2D eigenvalue weighted by atomic mass is 10.6. The monoisotopic (exact) mass is 303 g/mol. The summed E-state index contributed by atoms with van der Waals surface area (Å²) < 4.78 is 34.3. The van der Waals surface area contributed by atoms with E-state index in [1.807, 2.05) is 7.05 Å². The van der Waals surface area contributed by atoms with Crippen LogP contribution in [-0.4, -0.2) is 20.1 Å². The van der Waals surface area contributed by atoms with E-state index in [0.717, 1.165) is 7.11 Å². The van der Waals surface area contributed by atoms with Crippen molar-refractivity contribution in [2.45, 2.75) is 6.92 Å². The van der Waals surface area contributed by atoms with Gasteiger partial charge in [0, 0.05) is 22.9 Å². The Morgan fingerprint density at radius 2 is 2.07 bits per heavy atom. The molecule has 1 rings (SSSR count). The van der Waals surface area contributed by atoms with Crippen LogP contribution in [0.5, 0.6) is 0 Å². The second-order valence-corrected chi connectivity index (χ2v) is 5.55. The molecule has 0 N–H and O–H groups in total. The van der Waals surface area contributed by atoms with Gasteiger partial charge in [-0.1, -0.05) is 11.3 Å². The van der Waals surface area contributed by atoms with Gasteiger partial charge in [-0.3, -0.25) is 4.18 Å². The second kappa shape index (κ2) is 5.76. The van der Waals surface area contributed by atoms with Crippen molar-refractivity contribution in [2.24, 2.45) is 7.05 Å². The van der Waals surface area contributed by atoms with Gasteiger partial charge >= 0.3 is 3.92 Å². The van der Waals surface area contributed by atoms with Crippen LogP contribution in [0.2, 0.25) is 0 Å². The van der Waals surface area contributed by atoms with E-state index in [4.69, 9.17) is 0 Å². The molecule has 0 saturated carbocycles. The van der Waals surface area contributed by atoms with Gasteiger partial charge < -0.3 is 4.55 Å². The lowest BCUT2D eigenvalue weighted by Crippen LogP contribution is -2.29. The Kier molecular flexibility index (Phi) is 5.75. The second-order valence-electron chi connectivity index (χ2n) is 2.26. The highest BCUT2D eigenvalue weighted by Gasteiger charge is 2.06. The Balaban J connectivity index is 0.000000255. The van der Waals surface area contributed by atoms with Crippen molar-refractivity contribution in [1.82, 2.24) is 0 Å². The van der Waals surface area contributed by atoms with Crippen molar-refractivity contribution in [3.63, 3.8) is 0 Å². The fourth-order valence-electron chi connectivity index (χ4n) is 0.431. The minimum Gasteiger partial charge on any atom is -0.726 e. The summed E-state index contributed by atoms with van der Waals surface area (Å²) in [6, 6.07) is 0. The van der Waals surface area contributed by atoms with Gasteiger partial charge in [-0.15, -0.1) is 0 Å². The molecule has 1 aromatic rings. The molecule has 0 aromatic carbocycles. The summed E-state index contributed by atoms with van der Waals surface area (Å²) in [5.74, 6) is 0. The molecule has 0 atom stereocenters. The van der Waals surface area contributed by atoms with Crippen LogP contribution in [0.4, 0.5) is 0 Å². The van der Waals surface area contributed by atoms with E-state index in [1.165, 1.54) is 9.61 Å². The summed E-state index contributed by atoms with van der Waals surface area (Å²) in [4.78, 5) is 0. The number of nitrogens with zero attached hydrogens (tertiary/aromatic N) is 1. The number of halogens is 1. The molecule has 0 radical (unpaired) electrons. The molecule has 5 nitrogen and oxygen atoms in total. The molecule has 0 unspecified atom stereocenters. The SMILES string of the molecule is COS(=O)(=O)[O-].Cc1csc(Br)[n+]1C. The van der Waals surface area contributed by atoms with Gasteiger partial charge in [-0.25, -0.2) is 8.42 Å². The van der Waals surface area contributed by atoms with Crippen molar-refractivity contribution in [3.05, 3.63) is 15.0 Å². The maximum Gasteiger partial charge on any atom is 0.304 e. The van der Waals surface area contributed by atoms with Crippen LogP contribution in [0, 0.1) is 6.92 Å². The molecule has 0 saturated heterocycles. The standard InChI is InChI=1S/C5H7BrNS.CH4O4S/c1-4-3-8-5(6)7(4)2;1-5-6(2,3)4/h3H,1-2H3;1H3,(H,2,3,4)/q+1;/p-1. The molecule has 8 heteroatoms. The van der Waals surface area contributed by atoms with Crippen LogP contribution >= 0.6 is 27.3 Å². The van der Waals surface area contributed by atoms with Crippen LogP contribution in [0.3, 0.4) is 0 Å². The van der Waals surface area contributed by atoms with Crippen molar-refractivity contribution >= 4 is 37.7 Å². The van der Waals surface area contributed by atoms with E-state index in [0.29, 0.717) is 0 Å². The smallest absolute Gasteiger partial charge is 0.304 e. The highest BCUT2D eigenvalue weighted by atomic mass is 79.9. The third-order valence-corrected chi connectivity index (χ3v) is 3.75. The Morgan fingerprint density at radius 3 is 2.14 bits per heavy atom. The first-order chi connectivity index (χ1) is 6.28. The average molecular weight is 304 g/mol. The van der Waals surface area contributed by atoms with Gasteiger partial charge in [0.25, 0.3) is 0 Å². The van der Waals surface area contributed by atoms with E-state index >= 15 is 0 Å². The summed E-state index contributed by atoms with van der Waals surface area (Å²) >= 11 is 5.11. The van der Waals surface area contributed by atoms with E-state index in [1.54, 1.807) is 11.3 Å². The third-order valence-electron chi connectivity index (χ3n) is 1.32. The molecular weight excluding hydrogens is 294 g/mol. The Morgan fingerprint density at radius 1 is 1.64 bits per heavy atom. The Labute approximate surface area is 95.4 Å². The largest absolute Gasteiger partial charge is 0.726 e. The topological polar surface area (TPSA) is 70.3 Å². The first-order valence-corrected chi connectivity index (χ1v) is 6.39. The Bertz CT molecular complexity index is 367. The van der Waals surface area contributed by atoms with Crippen LogP contribution in [0.1, 0.15) is 5.69 Å². The molecule has 1 aromatic heterocycles. The van der Waals surface area contributed by atoms with E-state index in [-0.39, 0.29) is 0 Å². The normalized spacial score (nSPS) is 10.6.